The summed E-state index contributed by atoms with van der Waals surface area (Å²) in [5, 5.41) is -0.628. The fourth-order valence-corrected chi connectivity index (χ4v) is 3.37. The van der Waals surface area contributed by atoms with Crippen LogP contribution in [0.4, 0.5) is 0 Å². The summed E-state index contributed by atoms with van der Waals surface area (Å²) in [6.07, 6.45) is -0.132. The molecule has 1 aliphatic heterocycles. The van der Waals surface area contributed by atoms with Crippen molar-refractivity contribution in [3.05, 3.63) is 35.9 Å². The van der Waals surface area contributed by atoms with Gasteiger partial charge < -0.3 is 14.2 Å². The number of cyclic esters (lactones) is 1. The van der Waals surface area contributed by atoms with Gasteiger partial charge in [-0.15, -0.1) is 0 Å². The van der Waals surface area contributed by atoms with Crippen molar-refractivity contribution in [2.75, 3.05) is 7.11 Å². The molecule has 0 aromatic heterocycles. The first-order valence-corrected chi connectivity index (χ1v) is 8.18. The van der Waals surface area contributed by atoms with Crippen LogP contribution in [0.2, 0.25) is 0 Å². The molecule has 0 radical (unpaired) electrons. The van der Waals surface area contributed by atoms with Gasteiger partial charge >= 0.3 is 17.9 Å². The van der Waals surface area contributed by atoms with E-state index in [4.69, 9.17) is 9.47 Å². The Labute approximate surface area is 138 Å². The third-order valence-electron chi connectivity index (χ3n) is 3.35. The second-order valence-electron chi connectivity index (χ2n) is 4.93. The minimum atomic E-state index is -0.628. The zero-order valence-electron chi connectivity index (χ0n) is 12.9. The van der Waals surface area contributed by atoms with Crippen molar-refractivity contribution in [2.45, 2.75) is 36.6 Å². The van der Waals surface area contributed by atoms with Gasteiger partial charge in [0, 0.05) is 0 Å². The Morgan fingerprint density at radius 2 is 2.00 bits per heavy atom. The van der Waals surface area contributed by atoms with Crippen LogP contribution < -0.4 is 0 Å². The van der Waals surface area contributed by atoms with E-state index in [0.717, 1.165) is 0 Å². The van der Waals surface area contributed by atoms with Crippen LogP contribution in [0.5, 0.6) is 0 Å². The maximum absolute atomic E-state index is 12.1. The van der Waals surface area contributed by atoms with Gasteiger partial charge in [0.05, 0.1) is 19.1 Å². The Bertz CT molecular complexity index is 573. The van der Waals surface area contributed by atoms with Crippen LogP contribution in [0, 0.1) is 0 Å². The van der Waals surface area contributed by atoms with E-state index in [-0.39, 0.29) is 6.42 Å². The molecule has 2 rings (SSSR count). The lowest BCUT2D eigenvalue weighted by Gasteiger charge is -2.20. The molecule has 0 saturated carbocycles. The molecule has 124 valence electrons. The molecule has 0 amide bonds. The van der Waals surface area contributed by atoms with Gasteiger partial charge in [-0.25, -0.2) is 4.79 Å². The summed E-state index contributed by atoms with van der Waals surface area (Å²) in [6, 6.07) is 8.61. The molecular formula is C16H18O6S. The number of hydrogen-bond donors (Lipinski definition) is 0. The average Bonchev–Trinajstić information content (AvgIpc) is 2.93. The number of esters is 3. The SMILES string of the molecule is CCC(OC(=O)c1ccccc1)[C@H]1OC(=O)[C@H](CC(=O)OC)S1. The largest absolute Gasteiger partial charge is 0.469 e. The highest BCUT2D eigenvalue weighted by atomic mass is 32.2. The molecule has 0 spiro atoms. The Balaban J connectivity index is 1.97. The number of carbonyl (C=O) groups excluding carboxylic acids is 3. The fourth-order valence-electron chi connectivity index (χ4n) is 2.08. The van der Waals surface area contributed by atoms with Crippen LogP contribution in [0.3, 0.4) is 0 Å². The van der Waals surface area contributed by atoms with E-state index in [1.54, 1.807) is 30.3 Å². The second-order valence-corrected chi connectivity index (χ2v) is 6.23. The monoisotopic (exact) mass is 338 g/mol. The predicted molar refractivity (Wildman–Crippen MR) is 83.8 cm³/mol. The van der Waals surface area contributed by atoms with Crippen LogP contribution in [-0.4, -0.2) is 41.8 Å². The molecule has 0 aliphatic carbocycles. The second kappa shape index (κ2) is 8.01. The summed E-state index contributed by atoms with van der Waals surface area (Å²) >= 11 is 1.18. The standard InChI is InChI=1S/C16H18O6S/c1-3-11(21-14(18)10-7-5-4-6-8-10)16-22-15(19)12(23-16)9-13(17)20-2/h4-8,11-12,16H,3,9H2,1-2H3/t11?,12-,16-/m0/s1. The van der Waals surface area contributed by atoms with Crippen LogP contribution >= 0.6 is 11.8 Å². The topological polar surface area (TPSA) is 78.9 Å². The van der Waals surface area contributed by atoms with Crippen LogP contribution in [0.15, 0.2) is 30.3 Å². The summed E-state index contributed by atoms with van der Waals surface area (Å²) in [5.74, 6) is -1.43. The highest BCUT2D eigenvalue weighted by Crippen LogP contribution is 2.35. The summed E-state index contributed by atoms with van der Waals surface area (Å²) < 4.78 is 15.3. The molecule has 1 aromatic carbocycles. The van der Waals surface area contributed by atoms with Crippen molar-refractivity contribution in [3.8, 4) is 0 Å². The highest BCUT2D eigenvalue weighted by Gasteiger charge is 2.41. The van der Waals surface area contributed by atoms with Crippen LogP contribution in [-0.2, 0) is 23.8 Å². The minimum absolute atomic E-state index is 0.0560. The Morgan fingerprint density at radius 1 is 1.30 bits per heavy atom. The predicted octanol–water partition coefficient (Wildman–Crippen LogP) is 2.17. The fraction of sp³-hybridized carbons (Fsp3) is 0.438. The number of methoxy groups -OCH3 is 1. The van der Waals surface area contributed by atoms with Crippen molar-refractivity contribution in [3.63, 3.8) is 0 Å². The number of carbonyl (C=O) groups is 3. The average molecular weight is 338 g/mol. The third-order valence-corrected chi connectivity index (χ3v) is 4.70. The molecule has 1 unspecified atom stereocenters. The van der Waals surface area contributed by atoms with Gasteiger partial charge in [0.1, 0.15) is 11.4 Å². The van der Waals surface area contributed by atoms with Crippen molar-refractivity contribution in [1.82, 2.24) is 0 Å². The molecule has 6 nitrogen and oxygen atoms in total. The van der Waals surface area contributed by atoms with E-state index in [2.05, 4.69) is 4.74 Å². The van der Waals surface area contributed by atoms with E-state index in [1.165, 1.54) is 18.9 Å². The van der Waals surface area contributed by atoms with E-state index in [1.807, 2.05) is 6.92 Å². The zero-order valence-corrected chi connectivity index (χ0v) is 13.7. The van der Waals surface area contributed by atoms with Crippen LogP contribution in [0.1, 0.15) is 30.1 Å². The van der Waals surface area contributed by atoms with Gasteiger partial charge in [-0.2, -0.15) is 0 Å². The number of hydrogen-bond acceptors (Lipinski definition) is 7. The molecular weight excluding hydrogens is 320 g/mol. The van der Waals surface area contributed by atoms with Gasteiger partial charge in [-0.05, 0) is 18.6 Å². The normalized spacial score (nSPS) is 21.4. The molecule has 3 atom stereocenters. The Kier molecular flexibility index (Phi) is 6.04. The molecule has 1 aromatic rings. The number of thioether (sulfide) groups is 1. The number of rotatable bonds is 6. The quantitative estimate of drug-likeness (QED) is 0.581. The van der Waals surface area contributed by atoms with Gasteiger partial charge in [-0.3, -0.25) is 9.59 Å². The van der Waals surface area contributed by atoms with Gasteiger partial charge in [0.15, 0.2) is 5.44 Å². The Hall–Kier alpha value is -2.02. The number of benzene rings is 1. The molecule has 23 heavy (non-hydrogen) atoms. The van der Waals surface area contributed by atoms with E-state index in [9.17, 15) is 14.4 Å². The van der Waals surface area contributed by atoms with Gasteiger partial charge in [0.25, 0.3) is 0 Å². The molecule has 1 aliphatic rings. The van der Waals surface area contributed by atoms with Gasteiger partial charge in [-0.1, -0.05) is 36.9 Å². The van der Waals surface area contributed by atoms with Crippen molar-refractivity contribution in [1.29, 1.82) is 0 Å². The minimum Gasteiger partial charge on any atom is -0.469 e. The first-order chi connectivity index (χ1) is 11.0. The first-order valence-electron chi connectivity index (χ1n) is 7.24. The lowest BCUT2D eigenvalue weighted by molar-refractivity contribution is -0.149. The third kappa shape index (κ3) is 4.48. The van der Waals surface area contributed by atoms with Crippen LogP contribution in [0.25, 0.3) is 0 Å². The van der Waals surface area contributed by atoms with E-state index >= 15 is 0 Å². The molecule has 7 heteroatoms. The van der Waals surface area contributed by atoms with Crippen molar-refractivity contribution in [2.24, 2.45) is 0 Å². The lowest BCUT2D eigenvalue weighted by Crippen LogP contribution is -2.29. The molecule has 0 bridgehead atoms. The zero-order chi connectivity index (χ0) is 16.8. The lowest BCUT2D eigenvalue weighted by atomic mass is 10.2. The maximum Gasteiger partial charge on any atom is 0.338 e. The smallest absolute Gasteiger partial charge is 0.338 e. The van der Waals surface area contributed by atoms with E-state index < -0.39 is 34.7 Å². The summed E-state index contributed by atoms with van der Waals surface area (Å²) in [4.78, 5) is 35.2. The molecule has 0 N–H and O–H groups in total. The van der Waals surface area contributed by atoms with E-state index in [0.29, 0.717) is 12.0 Å². The molecule has 1 fully saturated rings. The first kappa shape index (κ1) is 17.3. The summed E-state index contributed by atoms with van der Waals surface area (Å²) in [5.41, 5.74) is -0.179. The maximum atomic E-state index is 12.1. The molecule has 1 saturated heterocycles. The number of ether oxygens (including phenoxy) is 3. The van der Waals surface area contributed by atoms with Crippen molar-refractivity contribution >= 4 is 29.7 Å². The summed E-state index contributed by atoms with van der Waals surface area (Å²) in [6.45, 7) is 1.84. The highest BCUT2D eigenvalue weighted by molar-refractivity contribution is 8.01. The van der Waals surface area contributed by atoms with Crippen molar-refractivity contribution < 1.29 is 28.6 Å². The Morgan fingerprint density at radius 3 is 2.61 bits per heavy atom. The molecule has 1 heterocycles. The summed E-state index contributed by atoms with van der Waals surface area (Å²) in [7, 11) is 1.27. The van der Waals surface area contributed by atoms with Gasteiger partial charge in [0.2, 0.25) is 0 Å².